The number of hydrogen-bond acceptors (Lipinski definition) is 4. The molecule has 0 aromatic heterocycles. The summed E-state index contributed by atoms with van der Waals surface area (Å²) in [6.45, 7) is 5.65. The highest BCUT2D eigenvalue weighted by atomic mass is 32.2. The summed E-state index contributed by atoms with van der Waals surface area (Å²) in [5, 5.41) is 0. The van der Waals surface area contributed by atoms with Gasteiger partial charge >= 0.3 is 0 Å². The zero-order valence-electron chi connectivity index (χ0n) is 11.8. The summed E-state index contributed by atoms with van der Waals surface area (Å²) in [5.74, 6) is 0.396. The fourth-order valence-corrected chi connectivity index (χ4v) is 2.66. The lowest BCUT2D eigenvalue weighted by Gasteiger charge is -2.25. The van der Waals surface area contributed by atoms with Gasteiger partial charge < -0.3 is 10.6 Å². The second kappa shape index (κ2) is 7.50. The van der Waals surface area contributed by atoms with Gasteiger partial charge in [0.1, 0.15) is 0 Å². The molecular formula is C14H24N2O2S. The van der Waals surface area contributed by atoms with Crippen molar-refractivity contribution in [3.8, 4) is 0 Å². The highest BCUT2D eigenvalue weighted by Crippen LogP contribution is 2.16. The van der Waals surface area contributed by atoms with Crippen LogP contribution in [0.5, 0.6) is 0 Å². The van der Waals surface area contributed by atoms with Gasteiger partial charge in [-0.2, -0.15) is 0 Å². The number of hydrogen-bond donors (Lipinski definition) is 1. The molecule has 1 aromatic carbocycles. The number of nitrogens with zero attached hydrogens (tertiary/aromatic N) is 1. The number of nitrogens with two attached hydrogens (primary N) is 1. The highest BCUT2D eigenvalue weighted by Gasteiger charge is 2.12. The van der Waals surface area contributed by atoms with E-state index < -0.39 is 9.84 Å². The SMILES string of the molecule is CCS(=O)(=O)CCN(CCCN)c1cccc(C)c1. The Kier molecular flexibility index (Phi) is 6.31. The van der Waals surface area contributed by atoms with Crippen molar-refractivity contribution in [2.75, 3.05) is 36.0 Å². The van der Waals surface area contributed by atoms with E-state index in [0.29, 0.717) is 13.1 Å². The van der Waals surface area contributed by atoms with E-state index in [4.69, 9.17) is 5.73 Å². The molecule has 0 heterocycles. The van der Waals surface area contributed by atoms with Gasteiger partial charge in [-0.15, -0.1) is 0 Å². The van der Waals surface area contributed by atoms with Crippen molar-refractivity contribution >= 4 is 15.5 Å². The molecule has 0 aliphatic heterocycles. The molecule has 4 nitrogen and oxygen atoms in total. The molecule has 19 heavy (non-hydrogen) atoms. The highest BCUT2D eigenvalue weighted by molar-refractivity contribution is 7.91. The predicted octanol–water partition coefficient (Wildman–Crippen LogP) is 1.58. The molecule has 0 amide bonds. The molecule has 0 atom stereocenters. The van der Waals surface area contributed by atoms with E-state index in [-0.39, 0.29) is 11.5 Å². The molecule has 0 unspecified atom stereocenters. The lowest BCUT2D eigenvalue weighted by molar-refractivity contribution is 0.595. The van der Waals surface area contributed by atoms with E-state index in [1.807, 2.05) is 25.1 Å². The van der Waals surface area contributed by atoms with Crippen LogP contribution >= 0.6 is 0 Å². The molecule has 1 rings (SSSR count). The average molecular weight is 284 g/mol. The average Bonchev–Trinajstić information content (AvgIpc) is 2.39. The van der Waals surface area contributed by atoms with Crippen molar-refractivity contribution in [2.45, 2.75) is 20.3 Å². The summed E-state index contributed by atoms with van der Waals surface area (Å²) < 4.78 is 23.2. The van der Waals surface area contributed by atoms with Crippen LogP contribution in [0.2, 0.25) is 0 Å². The summed E-state index contributed by atoms with van der Waals surface area (Å²) in [7, 11) is -2.93. The van der Waals surface area contributed by atoms with Crippen LogP contribution in [0.1, 0.15) is 18.9 Å². The van der Waals surface area contributed by atoms with E-state index >= 15 is 0 Å². The largest absolute Gasteiger partial charge is 0.370 e. The van der Waals surface area contributed by atoms with Gasteiger partial charge in [0.05, 0.1) is 5.75 Å². The van der Waals surface area contributed by atoms with E-state index in [1.54, 1.807) is 6.92 Å². The van der Waals surface area contributed by atoms with Gasteiger partial charge in [-0.25, -0.2) is 8.42 Å². The van der Waals surface area contributed by atoms with Gasteiger partial charge in [-0.05, 0) is 37.6 Å². The van der Waals surface area contributed by atoms with Crippen LogP contribution in [0.4, 0.5) is 5.69 Å². The molecule has 0 bridgehead atoms. The van der Waals surface area contributed by atoms with E-state index in [0.717, 1.165) is 18.7 Å². The molecule has 5 heteroatoms. The van der Waals surface area contributed by atoms with E-state index in [2.05, 4.69) is 11.0 Å². The number of rotatable bonds is 8. The number of sulfone groups is 1. The van der Waals surface area contributed by atoms with Gasteiger partial charge in [-0.3, -0.25) is 0 Å². The number of anilines is 1. The van der Waals surface area contributed by atoms with Crippen LogP contribution < -0.4 is 10.6 Å². The molecule has 0 aliphatic carbocycles. The van der Waals surface area contributed by atoms with Gasteiger partial charge in [-0.1, -0.05) is 19.1 Å². The van der Waals surface area contributed by atoms with Crippen molar-refractivity contribution < 1.29 is 8.42 Å². The maximum Gasteiger partial charge on any atom is 0.151 e. The summed E-state index contributed by atoms with van der Waals surface area (Å²) in [5.41, 5.74) is 7.79. The second-order valence-corrected chi connectivity index (χ2v) is 7.18. The smallest absolute Gasteiger partial charge is 0.151 e. The maximum atomic E-state index is 11.6. The maximum absolute atomic E-state index is 11.6. The van der Waals surface area contributed by atoms with Crippen LogP contribution in [0.15, 0.2) is 24.3 Å². The topological polar surface area (TPSA) is 63.4 Å². The first-order valence-corrected chi connectivity index (χ1v) is 8.52. The molecule has 0 fully saturated rings. The van der Waals surface area contributed by atoms with Crippen molar-refractivity contribution in [3.63, 3.8) is 0 Å². The molecule has 108 valence electrons. The summed E-state index contributed by atoms with van der Waals surface area (Å²) in [6, 6.07) is 8.12. The van der Waals surface area contributed by atoms with Crippen molar-refractivity contribution in [3.05, 3.63) is 29.8 Å². The Morgan fingerprint density at radius 3 is 2.58 bits per heavy atom. The number of aryl methyl sites for hydroxylation is 1. The zero-order valence-corrected chi connectivity index (χ0v) is 12.6. The Hall–Kier alpha value is -1.07. The second-order valence-electron chi connectivity index (χ2n) is 4.70. The lowest BCUT2D eigenvalue weighted by Crippen LogP contribution is -2.31. The molecule has 0 aliphatic rings. The lowest BCUT2D eigenvalue weighted by atomic mass is 10.2. The molecule has 0 saturated carbocycles. The molecule has 2 N–H and O–H groups in total. The predicted molar refractivity (Wildman–Crippen MR) is 81.4 cm³/mol. The molecule has 0 spiro atoms. The van der Waals surface area contributed by atoms with Gasteiger partial charge in [0, 0.05) is 24.5 Å². The first-order valence-electron chi connectivity index (χ1n) is 6.70. The Morgan fingerprint density at radius 1 is 1.26 bits per heavy atom. The van der Waals surface area contributed by atoms with E-state index in [1.165, 1.54) is 5.56 Å². The summed E-state index contributed by atoms with van der Waals surface area (Å²) in [6.07, 6.45) is 0.861. The minimum absolute atomic E-state index is 0.196. The molecule has 1 aromatic rings. The van der Waals surface area contributed by atoms with Crippen molar-refractivity contribution in [1.82, 2.24) is 0 Å². The monoisotopic (exact) mass is 284 g/mol. The Labute approximate surface area is 116 Å². The Balaban J connectivity index is 2.77. The third-order valence-electron chi connectivity index (χ3n) is 3.11. The molecular weight excluding hydrogens is 260 g/mol. The summed E-state index contributed by atoms with van der Waals surface area (Å²) >= 11 is 0. The number of benzene rings is 1. The van der Waals surface area contributed by atoms with Gasteiger partial charge in [0.15, 0.2) is 9.84 Å². The van der Waals surface area contributed by atoms with Gasteiger partial charge in [0.25, 0.3) is 0 Å². The van der Waals surface area contributed by atoms with Crippen LogP contribution in [-0.4, -0.2) is 39.6 Å². The standard InChI is InChI=1S/C14H24N2O2S/c1-3-19(17,18)11-10-16(9-5-8-15)14-7-4-6-13(2)12-14/h4,6-7,12H,3,5,8-11,15H2,1-2H3. The Morgan fingerprint density at radius 2 is 2.00 bits per heavy atom. The normalized spacial score (nSPS) is 11.5. The van der Waals surface area contributed by atoms with Crippen molar-refractivity contribution in [2.24, 2.45) is 5.73 Å². The third kappa shape index (κ3) is 5.61. The zero-order chi connectivity index (χ0) is 14.3. The fourth-order valence-electron chi connectivity index (χ4n) is 1.87. The van der Waals surface area contributed by atoms with Gasteiger partial charge in [0.2, 0.25) is 0 Å². The van der Waals surface area contributed by atoms with Crippen LogP contribution in [0.25, 0.3) is 0 Å². The van der Waals surface area contributed by atoms with E-state index in [9.17, 15) is 8.42 Å². The van der Waals surface area contributed by atoms with Crippen LogP contribution in [-0.2, 0) is 9.84 Å². The minimum atomic E-state index is -2.93. The minimum Gasteiger partial charge on any atom is -0.370 e. The molecule has 0 saturated heterocycles. The first kappa shape index (κ1) is 16.0. The quantitative estimate of drug-likeness (QED) is 0.787. The first-order chi connectivity index (χ1) is 8.98. The Bertz CT molecular complexity index is 486. The van der Waals surface area contributed by atoms with Crippen molar-refractivity contribution in [1.29, 1.82) is 0 Å². The van der Waals surface area contributed by atoms with Crippen LogP contribution in [0, 0.1) is 6.92 Å². The fraction of sp³-hybridized carbons (Fsp3) is 0.571. The third-order valence-corrected chi connectivity index (χ3v) is 4.80. The van der Waals surface area contributed by atoms with Crippen LogP contribution in [0.3, 0.4) is 0 Å². The molecule has 0 radical (unpaired) electrons. The summed E-state index contributed by atoms with van der Waals surface area (Å²) in [4.78, 5) is 2.10.